The number of pyridine rings is 1. The number of H-pyrrole nitrogens is 1. The molecule has 0 atom stereocenters. The van der Waals surface area contributed by atoms with Gasteiger partial charge in [-0.05, 0) is 61.7 Å². The van der Waals surface area contributed by atoms with Crippen molar-refractivity contribution >= 4 is 17.3 Å². The molecule has 1 N–H and O–H groups in total. The fraction of sp³-hybridized carbons (Fsp3) is 0.364. The largest absolute Gasteiger partial charge is 0.381 e. The number of aromatic amines is 1. The van der Waals surface area contributed by atoms with Crippen LogP contribution in [0.4, 0.5) is 0 Å². The molecule has 0 unspecified atom stereocenters. The van der Waals surface area contributed by atoms with Crippen LogP contribution in [0.15, 0.2) is 36.7 Å². The summed E-state index contributed by atoms with van der Waals surface area (Å²) in [5.41, 5.74) is 6.34. The van der Waals surface area contributed by atoms with Crippen molar-refractivity contribution in [3.63, 3.8) is 0 Å². The molecule has 1 aromatic carbocycles. The van der Waals surface area contributed by atoms with Gasteiger partial charge in [-0.2, -0.15) is 0 Å². The molecule has 3 heterocycles. The summed E-state index contributed by atoms with van der Waals surface area (Å²) in [6.45, 7) is 2.59. The van der Waals surface area contributed by atoms with Gasteiger partial charge in [0.05, 0.1) is 0 Å². The SMILES string of the molecule is CN(C)Cc1cc(-c2cnc3[nH]cc(C=O)c3c2)ccc1C1CCOCC1. The van der Waals surface area contributed by atoms with E-state index >= 15 is 0 Å². The number of fused-ring (bicyclic) bond motifs is 1. The molecule has 5 heteroatoms. The normalized spacial score (nSPS) is 15.5. The highest BCUT2D eigenvalue weighted by Crippen LogP contribution is 2.33. The van der Waals surface area contributed by atoms with Crippen LogP contribution in [0, 0.1) is 0 Å². The van der Waals surface area contributed by atoms with E-state index < -0.39 is 0 Å². The fourth-order valence-electron chi connectivity index (χ4n) is 3.95. The van der Waals surface area contributed by atoms with Crippen LogP contribution in [0.25, 0.3) is 22.2 Å². The highest BCUT2D eigenvalue weighted by atomic mass is 16.5. The molecule has 1 fully saturated rings. The zero-order valence-electron chi connectivity index (χ0n) is 15.9. The first-order valence-electron chi connectivity index (χ1n) is 9.43. The first kappa shape index (κ1) is 17.9. The molecule has 1 saturated heterocycles. The summed E-state index contributed by atoms with van der Waals surface area (Å²) in [5, 5.41) is 0.866. The van der Waals surface area contributed by atoms with Crippen LogP contribution < -0.4 is 0 Å². The number of nitrogens with zero attached hydrogens (tertiary/aromatic N) is 2. The molecule has 1 aliphatic heterocycles. The number of benzene rings is 1. The van der Waals surface area contributed by atoms with Crippen molar-refractivity contribution in [2.75, 3.05) is 27.3 Å². The minimum Gasteiger partial charge on any atom is -0.381 e. The fourth-order valence-corrected chi connectivity index (χ4v) is 3.95. The molecule has 0 bridgehead atoms. The Morgan fingerprint density at radius 1 is 1.22 bits per heavy atom. The van der Waals surface area contributed by atoms with E-state index in [1.807, 2.05) is 12.3 Å². The number of carbonyl (C=O) groups is 1. The molecule has 2 aromatic heterocycles. The Kier molecular flexibility index (Phi) is 5.05. The molecule has 0 aliphatic carbocycles. The van der Waals surface area contributed by atoms with Gasteiger partial charge in [0.15, 0.2) is 6.29 Å². The van der Waals surface area contributed by atoms with Gasteiger partial charge in [-0.15, -0.1) is 0 Å². The lowest BCUT2D eigenvalue weighted by molar-refractivity contribution is 0.0850. The Bertz CT molecular complexity index is 955. The van der Waals surface area contributed by atoms with Gasteiger partial charge in [-0.25, -0.2) is 4.98 Å². The maximum absolute atomic E-state index is 11.3. The van der Waals surface area contributed by atoms with Crippen molar-refractivity contribution in [3.8, 4) is 11.1 Å². The van der Waals surface area contributed by atoms with E-state index in [-0.39, 0.29) is 0 Å². The Hall–Kier alpha value is -2.50. The zero-order valence-corrected chi connectivity index (χ0v) is 15.9. The molecule has 3 aromatic rings. The Labute approximate surface area is 159 Å². The molecule has 5 nitrogen and oxygen atoms in total. The molecule has 4 rings (SSSR count). The third-order valence-electron chi connectivity index (χ3n) is 5.31. The maximum Gasteiger partial charge on any atom is 0.152 e. The van der Waals surface area contributed by atoms with Crippen LogP contribution in [0.2, 0.25) is 0 Å². The van der Waals surface area contributed by atoms with Crippen molar-refractivity contribution in [2.45, 2.75) is 25.3 Å². The smallest absolute Gasteiger partial charge is 0.152 e. The molecule has 0 amide bonds. The number of aromatic nitrogens is 2. The van der Waals surface area contributed by atoms with E-state index in [1.54, 1.807) is 6.20 Å². The topological polar surface area (TPSA) is 58.2 Å². The summed E-state index contributed by atoms with van der Waals surface area (Å²) in [6.07, 6.45) is 6.62. The second kappa shape index (κ2) is 7.62. The molecule has 0 spiro atoms. The third kappa shape index (κ3) is 3.66. The van der Waals surface area contributed by atoms with Crippen molar-refractivity contribution in [1.82, 2.24) is 14.9 Å². The summed E-state index contributed by atoms with van der Waals surface area (Å²) in [4.78, 5) is 21.0. The summed E-state index contributed by atoms with van der Waals surface area (Å²) in [6, 6.07) is 8.78. The average Bonchev–Trinajstić information content (AvgIpc) is 3.10. The summed E-state index contributed by atoms with van der Waals surface area (Å²) in [5.74, 6) is 0.565. The highest BCUT2D eigenvalue weighted by molar-refractivity contribution is 5.97. The van der Waals surface area contributed by atoms with Crippen LogP contribution in [0.1, 0.15) is 40.2 Å². The lowest BCUT2D eigenvalue weighted by Gasteiger charge is -2.26. The lowest BCUT2D eigenvalue weighted by Crippen LogP contribution is -2.18. The number of ether oxygens (including phenoxy) is 1. The molecule has 0 radical (unpaired) electrons. The van der Waals surface area contributed by atoms with Crippen LogP contribution in [0.3, 0.4) is 0 Å². The number of rotatable bonds is 5. The van der Waals surface area contributed by atoms with E-state index in [2.05, 4.69) is 47.2 Å². The Morgan fingerprint density at radius 3 is 2.78 bits per heavy atom. The number of carbonyl (C=O) groups excluding carboxylic acids is 1. The van der Waals surface area contributed by atoms with Gasteiger partial charge < -0.3 is 14.6 Å². The molecular formula is C22H25N3O2. The molecule has 1 aliphatic rings. The van der Waals surface area contributed by atoms with Gasteiger partial charge in [0.1, 0.15) is 5.65 Å². The second-order valence-electron chi connectivity index (χ2n) is 7.52. The van der Waals surface area contributed by atoms with Gasteiger partial charge in [0.2, 0.25) is 0 Å². The first-order valence-corrected chi connectivity index (χ1v) is 9.43. The van der Waals surface area contributed by atoms with Gasteiger partial charge in [-0.1, -0.05) is 12.1 Å². The average molecular weight is 363 g/mol. The molecule has 140 valence electrons. The minimum absolute atomic E-state index is 0.565. The van der Waals surface area contributed by atoms with Gasteiger partial charge in [-0.3, -0.25) is 4.79 Å². The van der Waals surface area contributed by atoms with Gasteiger partial charge in [0.25, 0.3) is 0 Å². The number of hydrogen-bond acceptors (Lipinski definition) is 4. The van der Waals surface area contributed by atoms with Crippen LogP contribution in [0.5, 0.6) is 0 Å². The van der Waals surface area contributed by atoms with Crippen molar-refractivity contribution in [1.29, 1.82) is 0 Å². The minimum atomic E-state index is 0.565. The van der Waals surface area contributed by atoms with Gasteiger partial charge in [0, 0.05) is 48.7 Å². The molecule has 27 heavy (non-hydrogen) atoms. The number of aldehydes is 1. The summed E-state index contributed by atoms with van der Waals surface area (Å²) >= 11 is 0. The van der Waals surface area contributed by atoms with Crippen molar-refractivity contribution in [2.24, 2.45) is 0 Å². The quantitative estimate of drug-likeness (QED) is 0.696. The first-order chi connectivity index (χ1) is 13.2. The monoisotopic (exact) mass is 363 g/mol. The summed E-state index contributed by atoms with van der Waals surface area (Å²) < 4.78 is 5.54. The Morgan fingerprint density at radius 2 is 2.04 bits per heavy atom. The lowest BCUT2D eigenvalue weighted by atomic mass is 9.86. The van der Waals surface area contributed by atoms with Crippen molar-refractivity contribution in [3.05, 3.63) is 53.3 Å². The Balaban J connectivity index is 1.75. The third-order valence-corrected chi connectivity index (χ3v) is 5.31. The predicted octanol–water partition coefficient (Wildman–Crippen LogP) is 4.00. The number of nitrogens with one attached hydrogen (secondary N) is 1. The van der Waals surface area contributed by atoms with E-state index in [1.165, 1.54) is 11.1 Å². The van der Waals surface area contributed by atoms with Crippen LogP contribution in [-0.4, -0.2) is 48.5 Å². The highest BCUT2D eigenvalue weighted by Gasteiger charge is 2.20. The van der Waals surface area contributed by atoms with Gasteiger partial charge >= 0.3 is 0 Å². The maximum atomic E-state index is 11.3. The van der Waals surface area contributed by atoms with Crippen LogP contribution in [-0.2, 0) is 11.3 Å². The molecule has 0 saturated carbocycles. The van der Waals surface area contributed by atoms with Crippen LogP contribution >= 0.6 is 0 Å². The predicted molar refractivity (Wildman–Crippen MR) is 107 cm³/mol. The van der Waals surface area contributed by atoms with Crippen molar-refractivity contribution < 1.29 is 9.53 Å². The van der Waals surface area contributed by atoms with E-state index in [0.29, 0.717) is 11.5 Å². The summed E-state index contributed by atoms with van der Waals surface area (Å²) in [7, 11) is 4.20. The second-order valence-corrected chi connectivity index (χ2v) is 7.52. The van der Waals surface area contributed by atoms with E-state index in [9.17, 15) is 4.79 Å². The standard InChI is InChI=1S/C22H25N3O2/c1-25(2)13-18-9-16(3-4-20(18)15-5-7-27-8-6-15)17-10-21-19(14-26)12-24-22(21)23-11-17/h3-4,9-12,14-15H,5-8,13H2,1-2H3,(H,23,24). The molecular weight excluding hydrogens is 338 g/mol. The van der Waals surface area contributed by atoms with E-state index in [0.717, 1.165) is 61.0 Å². The number of hydrogen-bond donors (Lipinski definition) is 1. The zero-order chi connectivity index (χ0) is 18.8. The van der Waals surface area contributed by atoms with E-state index in [4.69, 9.17) is 4.74 Å².